The number of ether oxygens (including phenoxy) is 2. The van der Waals surface area contributed by atoms with Crippen LogP contribution in [0.25, 0.3) is 10.9 Å². The quantitative estimate of drug-likeness (QED) is 0.245. The van der Waals surface area contributed by atoms with Crippen molar-refractivity contribution >= 4 is 60.6 Å². The summed E-state index contributed by atoms with van der Waals surface area (Å²) in [4.78, 5) is 30.5. The fourth-order valence-corrected chi connectivity index (χ4v) is 4.61. The minimum atomic E-state index is -0.436. The van der Waals surface area contributed by atoms with Crippen LogP contribution in [0.15, 0.2) is 79.5 Å². The predicted octanol–water partition coefficient (Wildman–Crippen LogP) is 6.13. The number of hydrogen-bond donors (Lipinski definition) is 1. The molecule has 38 heavy (non-hydrogen) atoms. The number of anilines is 1. The Hall–Kier alpha value is -3.50. The van der Waals surface area contributed by atoms with Crippen LogP contribution in [0, 0.1) is 0 Å². The highest BCUT2D eigenvalue weighted by atomic mass is 79.9. The number of methoxy groups -OCH3 is 1. The molecule has 0 aliphatic rings. The number of fused-ring (bicyclic) bond motifs is 1. The van der Waals surface area contributed by atoms with E-state index in [4.69, 9.17) is 14.5 Å². The second-order valence-electron chi connectivity index (χ2n) is 9.45. The average Bonchev–Trinajstić information content (AvgIpc) is 2.87. The van der Waals surface area contributed by atoms with E-state index in [9.17, 15) is 9.59 Å². The Balaban J connectivity index is 1.63. The summed E-state index contributed by atoms with van der Waals surface area (Å²) < 4.78 is 13.9. The Morgan fingerprint density at radius 2 is 1.84 bits per heavy atom. The first-order valence-electron chi connectivity index (χ1n) is 11.7. The molecule has 0 unspecified atom stereocenters. The molecule has 3 aromatic carbocycles. The van der Waals surface area contributed by atoms with Gasteiger partial charge in [-0.15, -0.1) is 0 Å². The van der Waals surface area contributed by atoms with Gasteiger partial charge in [0.1, 0.15) is 5.82 Å². The zero-order chi connectivity index (χ0) is 27.4. The van der Waals surface area contributed by atoms with Gasteiger partial charge < -0.3 is 14.8 Å². The van der Waals surface area contributed by atoms with Crippen molar-refractivity contribution in [2.45, 2.75) is 26.2 Å². The van der Waals surface area contributed by atoms with E-state index in [-0.39, 0.29) is 18.1 Å². The number of para-hydroxylation sites is 1. The van der Waals surface area contributed by atoms with Gasteiger partial charge in [-0.3, -0.25) is 9.59 Å². The molecule has 196 valence electrons. The van der Waals surface area contributed by atoms with Crippen LogP contribution in [0.2, 0.25) is 0 Å². The molecular formula is C28H26Br2N4O4. The van der Waals surface area contributed by atoms with E-state index in [0.29, 0.717) is 43.9 Å². The number of rotatable bonds is 7. The van der Waals surface area contributed by atoms with Crippen molar-refractivity contribution in [2.24, 2.45) is 5.10 Å². The zero-order valence-electron chi connectivity index (χ0n) is 21.3. The maximum Gasteiger partial charge on any atom is 0.282 e. The van der Waals surface area contributed by atoms with E-state index >= 15 is 0 Å². The highest BCUT2D eigenvalue weighted by molar-refractivity contribution is 9.10. The van der Waals surface area contributed by atoms with Crippen LogP contribution in [-0.4, -0.2) is 35.5 Å². The van der Waals surface area contributed by atoms with E-state index in [1.807, 2.05) is 51.1 Å². The van der Waals surface area contributed by atoms with Gasteiger partial charge in [-0.1, -0.05) is 54.9 Å². The lowest BCUT2D eigenvalue weighted by atomic mass is 9.95. The van der Waals surface area contributed by atoms with Crippen LogP contribution in [0.3, 0.4) is 0 Å². The first kappa shape index (κ1) is 27.5. The van der Waals surface area contributed by atoms with Crippen molar-refractivity contribution in [3.63, 3.8) is 0 Å². The average molecular weight is 642 g/mol. The first-order valence-corrected chi connectivity index (χ1v) is 13.3. The van der Waals surface area contributed by atoms with Gasteiger partial charge in [0.25, 0.3) is 11.5 Å². The van der Waals surface area contributed by atoms with Gasteiger partial charge in [-0.05, 0) is 64.0 Å². The van der Waals surface area contributed by atoms with Crippen LogP contribution in [-0.2, 0) is 10.2 Å². The number of halogens is 2. The number of amides is 1. The molecule has 1 heterocycles. The van der Waals surface area contributed by atoms with Crippen molar-refractivity contribution in [3.05, 3.63) is 91.4 Å². The largest absolute Gasteiger partial charge is 0.493 e. The summed E-state index contributed by atoms with van der Waals surface area (Å²) in [5.41, 5.74) is 1.23. The van der Waals surface area contributed by atoms with Crippen molar-refractivity contribution in [2.75, 3.05) is 19.0 Å². The molecular weight excluding hydrogens is 616 g/mol. The van der Waals surface area contributed by atoms with Crippen molar-refractivity contribution < 1.29 is 14.3 Å². The molecule has 4 rings (SSSR count). The van der Waals surface area contributed by atoms with E-state index in [0.717, 1.165) is 4.47 Å². The molecule has 0 saturated heterocycles. The third kappa shape index (κ3) is 6.31. The number of hydrogen-bond acceptors (Lipinski definition) is 6. The Kier molecular flexibility index (Phi) is 8.32. The lowest BCUT2D eigenvalue weighted by Gasteiger charge is -2.21. The Morgan fingerprint density at radius 3 is 2.53 bits per heavy atom. The van der Waals surface area contributed by atoms with Gasteiger partial charge in [0.05, 0.1) is 28.7 Å². The van der Waals surface area contributed by atoms with Gasteiger partial charge in [-0.25, -0.2) is 4.98 Å². The highest BCUT2D eigenvalue weighted by Gasteiger charge is 2.23. The summed E-state index contributed by atoms with van der Waals surface area (Å²) in [6.07, 6.45) is 1.56. The summed E-state index contributed by atoms with van der Waals surface area (Å²) in [6, 6.07) is 18.0. The summed E-state index contributed by atoms with van der Waals surface area (Å²) in [5, 5.41) is 7.74. The fourth-order valence-electron chi connectivity index (χ4n) is 3.68. The second kappa shape index (κ2) is 11.5. The molecule has 1 amide bonds. The van der Waals surface area contributed by atoms with E-state index < -0.39 is 5.41 Å². The van der Waals surface area contributed by atoms with Gasteiger partial charge in [0, 0.05) is 15.6 Å². The molecule has 0 bridgehead atoms. The minimum Gasteiger partial charge on any atom is -0.493 e. The van der Waals surface area contributed by atoms with Crippen molar-refractivity contribution in [1.29, 1.82) is 0 Å². The Labute approximate surface area is 236 Å². The molecule has 1 aromatic heterocycles. The van der Waals surface area contributed by atoms with Gasteiger partial charge >= 0.3 is 0 Å². The lowest BCUT2D eigenvalue weighted by molar-refractivity contribution is -0.118. The smallest absolute Gasteiger partial charge is 0.282 e. The van der Waals surface area contributed by atoms with Crippen LogP contribution < -0.4 is 20.3 Å². The first-order chi connectivity index (χ1) is 18.1. The van der Waals surface area contributed by atoms with Gasteiger partial charge in [0.15, 0.2) is 18.1 Å². The van der Waals surface area contributed by atoms with Gasteiger partial charge in [0.2, 0.25) is 0 Å². The van der Waals surface area contributed by atoms with Crippen molar-refractivity contribution in [1.82, 2.24) is 9.66 Å². The Bertz CT molecular complexity index is 1580. The summed E-state index contributed by atoms with van der Waals surface area (Å²) in [6.45, 7) is 5.72. The topological polar surface area (TPSA) is 94.8 Å². The van der Waals surface area contributed by atoms with Crippen LogP contribution in [0.4, 0.5) is 5.69 Å². The molecule has 0 aliphatic heterocycles. The molecule has 0 atom stereocenters. The predicted molar refractivity (Wildman–Crippen MR) is 157 cm³/mol. The minimum absolute atomic E-state index is 0.208. The molecule has 0 fully saturated rings. The van der Waals surface area contributed by atoms with Gasteiger partial charge in [-0.2, -0.15) is 9.78 Å². The van der Waals surface area contributed by atoms with Crippen LogP contribution in [0.5, 0.6) is 11.5 Å². The number of benzene rings is 3. The zero-order valence-corrected chi connectivity index (χ0v) is 24.5. The molecule has 8 nitrogen and oxygen atoms in total. The van der Waals surface area contributed by atoms with Crippen LogP contribution in [0.1, 0.15) is 32.2 Å². The monoisotopic (exact) mass is 640 g/mol. The van der Waals surface area contributed by atoms with Crippen molar-refractivity contribution in [3.8, 4) is 11.5 Å². The maximum absolute atomic E-state index is 13.4. The number of nitrogens with zero attached hydrogens (tertiary/aromatic N) is 3. The number of aromatic nitrogens is 2. The van der Waals surface area contributed by atoms with E-state index in [2.05, 4.69) is 42.3 Å². The third-order valence-corrected chi connectivity index (χ3v) is 6.54. The molecule has 10 heteroatoms. The second-order valence-corrected chi connectivity index (χ2v) is 11.2. The van der Waals surface area contributed by atoms with E-state index in [1.165, 1.54) is 11.8 Å². The lowest BCUT2D eigenvalue weighted by Crippen LogP contribution is -2.29. The highest BCUT2D eigenvalue weighted by Crippen LogP contribution is 2.36. The summed E-state index contributed by atoms with van der Waals surface area (Å²) in [7, 11) is 1.51. The molecule has 4 aromatic rings. The number of nitrogens with one attached hydrogen (secondary N) is 1. The molecule has 0 saturated carbocycles. The fraction of sp³-hybridized carbons (Fsp3) is 0.214. The molecule has 0 spiro atoms. The molecule has 0 radical (unpaired) electrons. The summed E-state index contributed by atoms with van der Waals surface area (Å²) in [5.74, 6) is 0.999. The molecule has 1 N–H and O–H groups in total. The molecule has 0 aliphatic carbocycles. The maximum atomic E-state index is 13.4. The summed E-state index contributed by atoms with van der Waals surface area (Å²) >= 11 is 6.92. The van der Waals surface area contributed by atoms with E-state index in [1.54, 1.807) is 36.5 Å². The number of carbonyl (C=O) groups excluding carboxylic acids is 1. The van der Waals surface area contributed by atoms with Crippen LogP contribution >= 0.6 is 31.9 Å². The standard InChI is InChI=1S/C28H26Br2N4O4/c1-28(2,3)27-33-22-11-10-18(29)14-20(22)26(36)34(27)31-15-17-12-21(30)25(23(13-17)37-4)38-16-24(35)32-19-8-6-5-7-9-19/h5-15H,16H2,1-4H3,(H,32,35). The number of carbonyl (C=O) groups is 1. The third-order valence-electron chi connectivity index (χ3n) is 5.46. The Morgan fingerprint density at radius 1 is 1.11 bits per heavy atom. The SMILES string of the molecule is COc1cc(C=Nn2c(C(C)(C)C)nc3ccc(Br)cc3c2=O)cc(Br)c1OCC(=O)Nc1ccccc1. The normalized spacial score (nSPS) is 11.6.